The van der Waals surface area contributed by atoms with Gasteiger partial charge < -0.3 is 9.47 Å². The average Bonchev–Trinajstić information content (AvgIpc) is 3.27. The number of ether oxygens (including phenoxy) is 2. The lowest BCUT2D eigenvalue weighted by Crippen LogP contribution is -2.11. The Labute approximate surface area is 220 Å². The molecule has 0 saturated heterocycles. The molecule has 0 aliphatic carbocycles. The molecule has 0 N–H and O–H groups in total. The van der Waals surface area contributed by atoms with Crippen molar-refractivity contribution < 1.29 is 14.3 Å². The molecular formula is C30H27N3O3S. The molecule has 0 aliphatic rings. The number of esters is 1. The highest BCUT2D eigenvalue weighted by Gasteiger charge is 2.20. The number of aromatic nitrogens is 3. The fraction of sp³-hybridized carbons (Fsp3) is 0.167. The van der Waals surface area contributed by atoms with Crippen LogP contribution in [0.1, 0.15) is 31.0 Å². The molecule has 2 heterocycles. The second kappa shape index (κ2) is 11.8. The zero-order valence-electron chi connectivity index (χ0n) is 20.5. The molecule has 37 heavy (non-hydrogen) atoms. The Morgan fingerprint density at radius 1 is 0.892 bits per heavy atom. The van der Waals surface area contributed by atoms with Crippen molar-refractivity contribution in [3.8, 4) is 17.1 Å². The molecule has 0 radical (unpaired) electrons. The van der Waals surface area contributed by atoms with Crippen LogP contribution in [0.25, 0.3) is 16.9 Å². The zero-order chi connectivity index (χ0) is 25.5. The molecule has 0 spiro atoms. The fourth-order valence-electron chi connectivity index (χ4n) is 3.95. The Morgan fingerprint density at radius 3 is 2.27 bits per heavy atom. The van der Waals surface area contributed by atoms with E-state index in [1.807, 2.05) is 84.3 Å². The predicted octanol–water partition coefficient (Wildman–Crippen LogP) is 6.82. The summed E-state index contributed by atoms with van der Waals surface area (Å²) in [4.78, 5) is 23.0. The molecule has 186 valence electrons. The van der Waals surface area contributed by atoms with Gasteiger partial charge in [0.1, 0.15) is 10.7 Å². The highest BCUT2D eigenvalue weighted by molar-refractivity contribution is 7.99. The van der Waals surface area contributed by atoms with Gasteiger partial charge in [0, 0.05) is 29.5 Å². The smallest absolute Gasteiger partial charge is 0.308 e. The first-order valence-electron chi connectivity index (χ1n) is 12.2. The molecule has 0 saturated carbocycles. The van der Waals surface area contributed by atoms with Gasteiger partial charge in [-0.1, -0.05) is 97.5 Å². The van der Waals surface area contributed by atoms with Gasteiger partial charge in [0.2, 0.25) is 12.7 Å². The summed E-state index contributed by atoms with van der Waals surface area (Å²) in [5.74, 6) is 0.255. The lowest BCUT2D eigenvalue weighted by molar-refractivity contribution is -0.150. The van der Waals surface area contributed by atoms with Crippen molar-refractivity contribution in [1.82, 2.24) is 14.4 Å². The molecule has 5 aromatic rings. The summed E-state index contributed by atoms with van der Waals surface area (Å²) in [6.07, 6.45) is 3.58. The van der Waals surface area contributed by atoms with Crippen LogP contribution in [0, 0.1) is 0 Å². The quantitative estimate of drug-likeness (QED) is 0.152. The minimum atomic E-state index is -0.284. The number of hydrogen-bond donors (Lipinski definition) is 0. The maximum Gasteiger partial charge on any atom is 0.308 e. The van der Waals surface area contributed by atoms with Gasteiger partial charge in [0.25, 0.3) is 0 Å². The van der Waals surface area contributed by atoms with Crippen LogP contribution in [0.4, 0.5) is 0 Å². The van der Waals surface area contributed by atoms with Gasteiger partial charge in [0.05, 0.1) is 5.69 Å². The third kappa shape index (κ3) is 6.01. The van der Waals surface area contributed by atoms with Crippen molar-refractivity contribution in [2.75, 3.05) is 6.79 Å². The van der Waals surface area contributed by atoms with E-state index in [4.69, 9.17) is 19.4 Å². The summed E-state index contributed by atoms with van der Waals surface area (Å²) in [7, 11) is 0. The van der Waals surface area contributed by atoms with E-state index in [2.05, 4.69) is 24.3 Å². The largest absolute Gasteiger partial charge is 0.440 e. The predicted molar refractivity (Wildman–Crippen MR) is 145 cm³/mol. The molecule has 0 atom stereocenters. The van der Waals surface area contributed by atoms with Crippen molar-refractivity contribution in [2.45, 2.75) is 36.1 Å². The van der Waals surface area contributed by atoms with Crippen LogP contribution in [0.2, 0.25) is 0 Å². The van der Waals surface area contributed by atoms with E-state index in [0.29, 0.717) is 24.4 Å². The van der Waals surface area contributed by atoms with Crippen LogP contribution in [0.3, 0.4) is 0 Å². The third-order valence-corrected chi connectivity index (χ3v) is 6.69. The normalized spacial score (nSPS) is 10.9. The van der Waals surface area contributed by atoms with E-state index < -0.39 is 0 Å². The average molecular weight is 510 g/mol. The van der Waals surface area contributed by atoms with Crippen LogP contribution in [0.15, 0.2) is 107 Å². The molecule has 6 nitrogen and oxygen atoms in total. The number of imidazole rings is 1. The number of rotatable bonds is 10. The number of carbonyl (C=O) groups is 1. The molecule has 0 aliphatic heterocycles. The van der Waals surface area contributed by atoms with Gasteiger partial charge in [-0.25, -0.2) is 9.97 Å². The second-order valence-corrected chi connectivity index (χ2v) is 9.52. The monoisotopic (exact) mass is 509 g/mol. The number of hydrogen-bond acceptors (Lipinski definition) is 6. The number of carbonyl (C=O) groups excluding carboxylic acids is 1. The van der Waals surface area contributed by atoms with Crippen LogP contribution in [0.5, 0.6) is 5.88 Å². The van der Waals surface area contributed by atoms with Crippen molar-refractivity contribution in [1.29, 1.82) is 0 Å². The van der Waals surface area contributed by atoms with Gasteiger partial charge in [-0.15, -0.1) is 0 Å². The summed E-state index contributed by atoms with van der Waals surface area (Å²) in [6, 6.07) is 30.2. The lowest BCUT2D eigenvalue weighted by atomic mass is 10.1. The summed E-state index contributed by atoms with van der Waals surface area (Å²) >= 11 is 1.55. The summed E-state index contributed by atoms with van der Waals surface area (Å²) in [6.45, 7) is 1.76. The van der Waals surface area contributed by atoms with Crippen molar-refractivity contribution in [3.05, 3.63) is 108 Å². The molecule has 0 bridgehead atoms. The highest BCUT2D eigenvalue weighted by Crippen LogP contribution is 2.35. The third-order valence-electron chi connectivity index (χ3n) is 5.71. The Bertz CT molecular complexity index is 1470. The Kier molecular flexibility index (Phi) is 7.81. The van der Waals surface area contributed by atoms with Gasteiger partial charge in [-0.2, -0.15) is 0 Å². The highest BCUT2D eigenvalue weighted by atomic mass is 32.2. The van der Waals surface area contributed by atoms with Gasteiger partial charge in [-0.05, 0) is 24.1 Å². The van der Waals surface area contributed by atoms with E-state index in [1.54, 1.807) is 11.8 Å². The maximum absolute atomic E-state index is 12.0. The van der Waals surface area contributed by atoms with Crippen molar-refractivity contribution in [3.63, 3.8) is 0 Å². The molecule has 0 amide bonds. The molecular weight excluding hydrogens is 482 g/mol. The topological polar surface area (TPSA) is 65.7 Å². The van der Waals surface area contributed by atoms with E-state index in [0.717, 1.165) is 38.9 Å². The number of fused-ring (bicyclic) bond motifs is 1. The molecule has 3 aromatic carbocycles. The lowest BCUT2D eigenvalue weighted by Gasteiger charge is -2.11. The van der Waals surface area contributed by atoms with Crippen LogP contribution in [-0.4, -0.2) is 27.1 Å². The molecule has 2 aromatic heterocycles. The SMILES string of the molecule is CCCC(=O)OCOc1c(Cc2ccccc2)nc2c(Sc3ccccc3)nc(-c3ccccc3)cn12. The van der Waals surface area contributed by atoms with Crippen LogP contribution in [-0.2, 0) is 16.0 Å². The Hall–Kier alpha value is -4.10. The van der Waals surface area contributed by atoms with Crippen molar-refractivity contribution >= 4 is 23.4 Å². The zero-order valence-corrected chi connectivity index (χ0v) is 21.4. The van der Waals surface area contributed by atoms with E-state index in [9.17, 15) is 4.79 Å². The van der Waals surface area contributed by atoms with Gasteiger partial charge in [-0.3, -0.25) is 9.20 Å². The number of nitrogens with zero attached hydrogens (tertiary/aromatic N) is 3. The molecule has 0 unspecified atom stereocenters. The number of benzene rings is 3. The van der Waals surface area contributed by atoms with E-state index in [1.165, 1.54) is 0 Å². The summed E-state index contributed by atoms with van der Waals surface area (Å²) in [5.41, 5.74) is 4.32. The van der Waals surface area contributed by atoms with Gasteiger partial charge in [0.15, 0.2) is 5.65 Å². The van der Waals surface area contributed by atoms with E-state index >= 15 is 0 Å². The minimum absolute atomic E-state index is 0.182. The minimum Gasteiger partial charge on any atom is -0.440 e. The summed E-state index contributed by atoms with van der Waals surface area (Å²) < 4.78 is 13.3. The second-order valence-electron chi connectivity index (χ2n) is 8.46. The Balaban J connectivity index is 1.62. The van der Waals surface area contributed by atoms with Crippen LogP contribution < -0.4 is 4.74 Å². The standard InChI is InChI=1S/C30H27N3O3S/c1-2-12-27(34)35-21-36-30-25(19-22-13-6-3-7-14-22)31-28-29(37-24-17-10-5-11-18-24)32-26(20-33(28)30)23-15-8-4-9-16-23/h3-11,13-18,20H,2,12,19,21H2,1H3. The summed E-state index contributed by atoms with van der Waals surface area (Å²) in [5, 5.41) is 0.764. The van der Waals surface area contributed by atoms with Gasteiger partial charge >= 0.3 is 5.97 Å². The Morgan fingerprint density at radius 2 is 1.57 bits per heavy atom. The molecule has 7 heteroatoms. The first-order valence-corrected chi connectivity index (χ1v) is 13.1. The fourth-order valence-corrected chi connectivity index (χ4v) is 4.84. The van der Waals surface area contributed by atoms with E-state index in [-0.39, 0.29) is 12.8 Å². The van der Waals surface area contributed by atoms with Crippen LogP contribution >= 0.6 is 11.8 Å². The first kappa shape index (κ1) is 24.6. The first-order chi connectivity index (χ1) is 18.2. The van der Waals surface area contributed by atoms with Crippen molar-refractivity contribution in [2.24, 2.45) is 0 Å². The molecule has 5 rings (SSSR count). The molecule has 0 fully saturated rings. The maximum atomic E-state index is 12.0.